The van der Waals surface area contributed by atoms with Crippen molar-refractivity contribution in [3.05, 3.63) is 107 Å². The van der Waals surface area contributed by atoms with Crippen molar-refractivity contribution in [1.82, 2.24) is 5.32 Å². The molecule has 0 heterocycles. The van der Waals surface area contributed by atoms with Crippen molar-refractivity contribution in [1.29, 1.82) is 0 Å². The number of carbonyl (C=O) groups excluding carboxylic acids is 1. The van der Waals surface area contributed by atoms with Crippen molar-refractivity contribution in [2.75, 3.05) is 6.54 Å². The van der Waals surface area contributed by atoms with E-state index in [1.54, 1.807) is 0 Å². The molecular weight excluding hydrogens is 346 g/mol. The van der Waals surface area contributed by atoms with E-state index in [0.717, 1.165) is 31.2 Å². The third kappa shape index (κ3) is 6.07. The molecule has 0 bridgehead atoms. The first-order valence-electron chi connectivity index (χ1n) is 9.86. The van der Waals surface area contributed by atoms with Gasteiger partial charge in [-0.1, -0.05) is 72.8 Å². The van der Waals surface area contributed by atoms with Crippen LogP contribution in [0.2, 0.25) is 0 Å². The molecule has 0 radical (unpaired) electrons. The zero-order valence-electron chi connectivity index (χ0n) is 16.1. The number of aliphatic hydroxyl groups excluding tert-OH is 1. The summed E-state index contributed by atoms with van der Waals surface area (Å²) in [7, 11) is 0. The quantitative estimate of drug-likeness (QED) is 0.534. The second-order valence-corrected chi connectivity index (χ2v) is 7.01. The second-order valence-electron chi connectivity index (χ2n) is 7.01. The van der Waals surface area contributed by atoms with E-state index in [2.05, 4.69) is 29.6 Å². The Morgan fingerprint density at radius 1 is 0.786 bits per heavy atom. The second kappa shape index (κ2) is 10.4. The minimum absolute atomic E-state index is 0.0204. The average Bonchev–Trinajstić information content (AvgIpc) is 2.77. The van der Waals surface area contributed by atoms with E-state index in [9.17, 15) is 9.90 Å². The van der Waals surface area contributed by atoms with Gasteiger partial charge in [0.25, 0.3) is 5.91 Å². The lowest BCUT2D eigenvalue weighted by molar-refractivity contribution is 0.0953. The van der Waals surface area contributed by atoms with Crippen LogP contribution in [0.25, 0.3) is 0 Å². The normalized spacial score (nSPS) is 11.8. The molecule has 3 rings (SSSR count). The van der Waals surface area contributed by atoms with Gasteiger partial charge in [0.05, 0.1) is 6.10 Å². The van der Waals surface area contributed by atoms with E-state index in [1.165, 1.54) is 11.1 Å². The van der Waals surface area contributed by atoms with Gasteiger partial charge in [-0.3, -0.25) is 4.79 Å². The number of nitrogens with one attached hydrogen (secondary N) is 1. The summed E-state index contributed by atoms with van der Waals surface area (Å²) in [6.45, 7) is 0.665. The van der Waals surface area contributed by atoms with Crippen LogP contribution in [-0.4, -0.2) is 17.6 Å². The largest absolute Gasteiger partial charge is 0.388 e. The van der Waals surface area contributed by atoms with Gasteiger partial charge in [0.1, 0.15) is 0 Å². The lowest BCUT2D eigenvalue weighted by Crippen LogP contribution is -2.24. The molecule has 1 amide bonds. The molecule has 0 saturated carbocycles. The van der Waals surface area contributed by atoms with Crippen molar-refractivity contribution >= 4 is 5.91 Å². The first-order chi connectivity index (χ1) is 13.7. The molecule has 0 aliphatic rings. The molecule has 0 aliphatic heterocycles. The Morgan fingerprint density at radius 3 is 2.00 bits per heavy atom. The molecule has 0 saturated heterocycles. The van der Waals surface area contributed by atoms with Crippen LogP contribution in [0.3, 0.4) is 0 Å². The molecular formula is C25H27NO2. The van der Waals surface area contributed by atoms with Crippen LogP contribution >= 0.6 is 0 Å². The molecule has 1 unspecified atom stereocenters. The van der Waals surface area contributed by atoms with Gasteiger partial charge in [-0.05, 0) is 54.5 Å². The zero-order valence-corrected chi connectivity index (χ0v) is 16.1. The molecule has 2 N–H and O–H groups in total. The van der Waals surface area contributed by atoms with Crippen molar-refractivity contribution in [3.63, 3.8) is 0 Å². The summed E-state index contributed by atoms with van der Waals surface area (Å²) in [6.07, 6.45) is 2.99. The maximum atomic E-state index is 12.0. The number of carbonyl (C=O) groups is 1. The molecule has 3 heteroatoms. The summed E-state index contributed by atoms with van der Waals surface area (Å²) < 4.78 is 0. The number of hydrogen-bond donors (Lipinski definition) is 2. The Kier molecular flexibility index (Phi) is 7.39. The minimum Gasteiger partial charge on any atom is -0.388 e. The summed E-state index contributed by atoms with van der Waals surface area (Å²) in [6, 6.07) is 27.6. The molecule has 1 atom stereocenters. The summed E-state index contributed by atoms with van der Waals surface area (Å²) in [4.78, 5) is 12.0. The highest BCUT2D eigenvalue weighted by molar-refractivity contribution is 5.94. The number of rotatable bonds is 9. The van der Waals surface area contributed by atoms with Crippen molar-refractivity contribution < 1.29 is 9.90 Å². The van der Waals surface area contributed by atoms with Crippen molar-refractivity contribution in [2.24, 2.45) is 0 Å². The molecule has 0 fully saturated rings. The maximum Gasteiger partial charge on any atom is 0.251 e. The molecule has 3 aromatic carbocycles. The predicted octanol–water partition coefficient (Wildman–Crippen LogP) is 4.72. The van der Waals surface area contributed by atoms with Gasteiger partial charge < -0.3 is 10.4 Å². The maximum absolute atomic E-state index is 12.0. The molecule has 0 aromatic heterocycles. The topological polar surface area (TPSA) is 49.3 Å². The number of hydrogen-bond acceptors (Lipinski definition) is 2. The highest BCUT2D eigenvalue weighted by atomic mass is 16.3. The van der Waals surface area contributed by atoms with Crippen molar-refractivity contribution in [2.45, 2.75) is 31.8 Å². The van der Waals surface area contributed by atoms with Crippen LogP contribution in [0.4, 0.5) is 0 Å². The fourth-order valence-electron chi connectivity index (χ4n) is 3.20. The standard InChI is InChI=1S/C25H27NO2/c27-24(22-9-3-1-4-10-22)18-17-21-15-13-20(14-16-21)8-7-19-26-25(28)23-11-5-2-6-12-23/h1-6,9-16,24,27H,7-8,17-19H2,(H,26,28). The van der Waals surface area contributed by atoms with Crippen LogP contribution in [0, 0.1) is 0 Å². The van der Waals surface area contributed by atoms with E-state index >= 15 is 0 Å². The van der Waals surface area contributed by atoms with E-state index in [-0.39, 0.29) is 5.91 Å². The summed E-state index contributed by atoms with van der Waals surface area (Å²) >= 11 is 0. The molecule has 3 aromatic rings. The van der Waals surface area contributed by atoms with Gasteiger partial charge in [0.2, 0.25) is 0 Å². The summed E-state index contributed by atoms with van der Waals surface area (Å²) in [5.74, 6) is -0.0204. The number of aliphatic hydroxyl groups is 1. The molecule has 28 heavy (non-hydrogen) atoms. The van der Waals surface area contributed by atoms with Crippen LogP contribution in [-0.2, 0) is 12.8 Å². The van der Waals surface area contributed by atoms with E-state index in [0.29, 0.717) is 12.1 Å². The Hall–Kier alpha value is -2.91. The van der Waals surface area contributed by atoms with E-state index < -0.39 is 6.10 Å². The first-order valence-corrected chi connectivity index (χ1v) is 9.86. The Balaban J connectivity index is 1.38. The number of benzene rings is 3. The van der Waals surface area contributed by atoms with Crippen LogP contribution in [0.1, 0.15) is 46.0 Å². The van der Waals surface area contributed by atoms with Gasteiger partial charge in [0, 0.05) is 12.1 Å². The van der Waals surface area contributed by atoms with E-state index in [4.69, 9.17) is 0 Å². The highest BCUT2D eigenvalue weighted by Crippen LogP contribution is 2.19. The van der Waals surface area contributed by atoms with Gasteiger partial charge in [-0.15, -0.1) is 0 Å². The Labute approximate surface area is 167 Å². The van der Waals surface area contributed by atoms with Crippen molar-refractivity contribution in [3.8, 4) is 0 Å². The van der Waals surface area contributed by atoms with Crippen LogP contribution < -0.4 is 5.32 Å². The highest BCUT2D eigenvalue weighted by Gasteiger charge is 2.07. The van der Waals surface area contributed by atoms with Gasteiger partial charge in [-0.25, -0.2) is 0 Å². The van der Waals surface area contributed by atoms with Crippen LogP contribution in [0.15, 0.2) is 84.9 Å². The number of amides is 1. The summed E-state index contributed by atoms with van der Waals surface area (Å²) in [5.41, 5.74) is 4.17. The molecule has 144 valence electrons. The average molecular weight is 373 g/mol. The molecule has 0 spiro atoms. The predicted molar refractivity (Wildman–Crippen MR) is 113 cm³/mol. The zero-order chi connectivity index (χ0) is 19.6. The monoisotopic (exact) mass is 373 g/mol. The number of aryl methyl sites for hydroxylation is 2. The van der Waals surface area contributed by atoms with Crippen LogP contribution in [0.5, 0.6) is 0 Å². The van der Waals surface area contributed by atoms with E-state index in [1.807, 2.05) is 60.7 Å². The Bertz CT molecular complexity index is 845. The fraction of sp³-hybridized carbons (Fsp3) is 0.240. The Morgan fingerprint density at radius 2 is 1.36 bits per heavy atom. The third-order valence-corrected chi connectivity index (χ3v) is 4.88. The smallest absolute Gasteiger partial charge is 0.251 e. The molecule has 0 aliphatic carbocycles. The lowest BCUT2D eigenvalue weighted by atomic mass is 10.00. The van der Waals surface area contributed by atoms with Gasteiger partial charge in [0.15, 0.2) is 0 Å². The summed E-state index contributed by atoms with van der Waals surface area (Å²) in [5, 5.41) is 13.2. The third-order valence-electron chi connectivity index (χ3n) is 4.88. The van der Waals surface area contributed by atoms with Gasteiger partial charge in [-0.2, -0.15) is 0 Å². The first kappa shape index (κ1) is 19.8. The van der Waals surface area contributed by atoms with Gasteiger partial charge >= 0.3 is 0 Å². The SMILES string of the molecule is O=C(NCCCc1ccc(CCC(O)c2ccccc2)cc1)c1ccccc1. The fourth-order valence-corrected chi connectivity index (χ4v) is 3.20. The minimum atomic E-state index is -0.422. The molecule has 3 nitrogen and oxygen atoms in total. The lowest BCUT2D eigenvalue weighted by Gasteiger charge is -2.11.